The van der Waals surface area contributed by atoms with Gasteiger partial charge in [0.25, 0.3) is 5.91 Å². The van der Waals surface area contributed by atoms with Gasteiger partial charge in [0.2, 0.25) is 5.91 Å². The molecule has 0 bridgehead atoms. The van der Waals surface area contributed by atoms with Crippen molar-refractivity contribution in [1.29, 1.82) is 0 Å². The van der Waals surface area contributed by atoms with Gasteiger partial charge in [-0.1, -0.05) is 6.08 Å². The summed E-state index contributed by atoms with van der Waals surface area (Å²) < 4.78 is 10.5. The maximum Gasteiger partial charge on any atom is 0.254 e. The molecule has 2 aliphatic rings. The number of benzene rings is 1. The smallest absolute Gasteiger partial charge is 0.254 e. The van der Waals surface area contributed by atoms with Gasteiger partial charge in [0.15, 0.2) is 11.5 Å². The van der Waals surface area contributed by atoms with Crippen molar-refractivity contribution >= 4 is 11.8 Å². The lowest BCUT2D eigenvalue weighted by atomic mass is 10.1. The SMILES string of the molecule is COc1ccc(C(=O)N2CCCN(C(=O)/C=C/C3CC3)CC2)cc1OC. The highest BCUT2D eigenvalue weighted by Crippen LogP contribution is 2.30. The van der Waals surface area contributed by atoms with Crippen LogP contribution in [0.5, 0.6) is 11.5 Å². The molecule has 6 heteroatoms. The zero-order valence-electron chi connectivity index (χ0n) is 15.4. The number of ether oxygens (including phenoxy) is 2. The lowest BCUT2D eigenvalue weighted by Gasteiger charge is -2.22. The highest BCUT2D eigenvalue weighted by Gasteiger charge is 2.23. The van der Waals surface area contributed by atoms with Crippen LogP contribution in [-0.4, -0.2) is 62.0 Å². The molecule has 2 amide bonds. The molecule has 0 aromatic heterocycles. The third-order valence-electron chi connectivity index (χ3n) is 4.86. The van der Waals surface area contributed by atoms with Crippen LogP contribution in [0.4, 0.5) is 0 Å². The van der Waals surface area contributed by atoms with Gasteiger partial charge in [-0.05, 0) is 49.5 Å². The van der Waals surface area contributed by atoms with Crippen molar-refractivity contribution in [3.8, 4) is 11.5 Å². The molecule has 3 rings (SSSR count). The van der Waals surface area contributed by atoms with Crippen molar-refractivity contribution in [3.05, 3.63) is 35.9 Å². The summed E-state index contributed by atoms with van der Waals surface area (Å²) in [6.45, 7) is 2.43. The largest absolute Gasteiger partial charge is 0.493 e. The molecule has 1 aliphatic carbocycles. The Hall–Kier alpha value is -2.50. The van der Waals surface area contributed by atoms with Gasteiger partial charge in [0.1, 0.15) is 0 Å². The number of amides is 2. The highest BCUT2D eigenvalue weighted by molar-refractivity contribution is 5.95. The van der Waals surface area contributed by atoms with Crippen molar-refractivity contribution in [2.24, 2.45) is 5.92 Å². The van der Waals surface area contributed by atoms with Gasteiger partial charge in [-0.25, -0.2) is 0 Å². The first kappa shape index (κ1) is 18.3. The zero-order chi connectivity index (χ0) is 18.5. The number of hydrogen-bond acceptors (Lipinski definition) is 4. The fourth-order valence-corrected chi connectivity index (χ4v) is 3.11. The summed E-state index contributed by atoms with van der Waals surface area (Å²) in [6, 6.07) is 5.19. The van der Waals surface area contributed by atoms with Gasteiger partial charge in [-0.15, -0.1) is 0 Å². The molecule has 0 radical (unpaired) electrons. The predicted molar refractivity (Wildman–Crippen MR) is 98.5 cm³/mol. The first-order valence-electron chi connectivity index (χ1n) is 9.10. The van der Waals surface area contributed by atoms with Crippen molar-refractivity contribution < 1.29 is 19.1 Å². The van der Waals surface area contributed by atoms with Gasteiger partial charge in [-0.3, -0.25) is 9.59 Å². The van der Waals surface area contributed by atoms with Gasteiger partial charge in [-0.2, -0.15) is 0 Å². The Morgan fingerprint density at radius 3 is 2.38 bits per heavy atom. The molecule has 1 saturated heterocycles. The Balaban J connectivity index is 1.62. The number of hydrogen-bond donors (Lipinski definition) is 0. The third-order valence-corrected chi connectivity index (χ3v) is 4.86. The van der Waals surface area contributed by atoms with Crippen LogP contribution in [-0.2, 0) is 4.79 Å². The Kier molecular flexibility index (Phi) is 5.81. The first-order chi connectivity index (χ1) is 12.6. The van der Waals surface area contributed by atoms with Crippen LogP contribution < -0.4 is 9.47 Å². The summed E-state index contributed by atoms with van der Waals surface area (Å²) in [5, 5.41) is 0. The minimum absolute atomic E-state index is 0.0474. The van der Waals surface area contributed by atoms with Crippen molar-refractivity contribution in [2.75, 3.05) is 40.4 Å². The molecule has 140 valence electrons. The normalized spacial score (nSPS) is 17.9. The molecule has 6 nitrogen and oxygen atoms in total. The Labute approximate surface area is 154 Å². The number of carbonyl (C=O) groups excluding carboxylic acids is 2. The van der Waals surface area contributed by atoms with Crippen LogP contribution in [0.15, 0.2) is 30.4 Å². The summed E-state index contributed by atoms with van der Waals surface area (Å²) in [5.41, 5.74) is 0.566. The van der Waals surface area contributed by atoms with Crippen molar-refractivity contribution in [3.63, 3.8) is 0 Å². The van der Waals surface area contributed by atoms with E-state index in [1.165, 1.54) is 12.8 Å². The summed E-state index contributed by atoms with van der Waals surface area (Å²) in [4.78, 5) is 28.8. The van der Waals surface area contributed by atoms with E-state index < -0.39 is 0 Å². The van der Waals surface area contributed by atoms with Gasteiger partial charge < -0.3 is 19.3 Å². The minimum atomic E-state index is -0.0474. The van der Waals surface area contributed by atoms with E-state index in [9.17, 15) is 9.59 Å². The molecule has 0 spiro atoms. The molecular formula is C20H26N2O4. The minimum Gasteiger partial charge on any atom is -0.493 e. The van der Waals surface area contributed by atoms with E-state index in [0.29, 0.717) is 49.2 Å². The molecule has 1 heterocycles. The standard InChI is InChI=1S/C20H26N2O4/c1-25-17-8-7-16(14-18(17)26-2)20(24)22-11-3-10-21(12-13-22)19(23)9-6-15-4-5-15/h6-9,14-15H,3-5,10-13H2,1-2H3/b9-6+. The van der Waals surface area contributed by atoms with E-state index in [0.717, 1.165) is 6.42 Å². The molecule has 0 N–H and O–H groups in total. The monoisotopic (exact) mass is 358 g/mol. The van der Waals surface area contributed by atoms with Crippen LogP contribution in [0.3, 0.4) is 0 Å². The summed E-state index contributed by atoms with van der Waals surface area (Å²) in [6.07, 6.45) is 6.88. The number of nitrogens with zero attached hydrogens (tertiary/aromatic N) is 2. The summed E-state index contributed by atoms with van der Waals surface area (Å²) in [7, 11) is 3.12. The second-order valence-corrected chi connectivity index (χ2v) is 6.74. The van der Waals surface area contributed by atoms with Gasteiger partial charge in [0.05, 0.1) is 14.2 Å². The second-order valence-electron chi connectivity index (χ2n) is 6.74. The quantitative estimate of drug-likeness (QED) is 0.758. The topological polar surface area (TPSA) is 59.1 Å². The van der Waals surface area contributed by atoms with Crippen LogP contribution in [0, 0.1) is 5.92 Å². The molecule has 26 heavy (non-hydrogen) atoms. The maximum atomic E-state index is 12.8. The second kappa shape index (κ2) is 8.25. The number of methoxy groups -OCH3 is 2. The highest BCUT2D eigenvalue weighted by atomic mass is 16.5. The Morgan fingerprint density at radius 2 is 1.69 bits per heavy atom. The van der Waals surface area contributed by atoms with E-state index in [4.69, 9.17) is 9.47 Å². The fourth-order valence-electron chi connectivity index (χ4n) is 3.11. The van der Waals surface area contributed by atoms with Gasteiger partial charge >= 0.3 is 0 Å². The molecule has 0 atom stereocenters. The average molecular weight is 358 g/mol. The average Bonchev–Trinajstić information content (AvgIpc) is 3.51. The van der Waals surface area contributed by atoms with Gasteiger partial charge in [0, 0.05) is 31.7 Å². The Bertz CT molecular complexity index is 697. The van der Waals surface area contributed by atoms with E-state index >= 15 is 0 Å². The molecule has 1 aromatic rings. The zero-order valence-corrected chi connectivity index (χ0v) is 15.4. The molecule has 1 aliphatic heterocycles. The van der Waals surface area contributed by atoms with E-state index in [-0.39, 0.29) is 11.8 Å². The molecule has 0 unspecified atom stereocenters. The van der Waals surface area contributed by atoms with Crippen molar-refractivity contribution in [2.45, 2.75) is 19.3 Å². The third kappa shape index (κ3) is 4.36. The number of carbonyl (C=O) groups is 2. The van der Waals surface area contributed by atoms with Crippen LogP contribution in [0.25, 0.3) is 0 Å². The van der Waals surface area contributed by atoms with Crippen LogP contribution in [0.1, 0.15) is 29.6 Å². The summed E-state index contributed by atoms with van der Waals surface area (Å²) >= 11 is 0. The van der Waals surface area contributed by atoms with Crippen LogP contribution >= 0.6 is 0 Å². The lowest BCUT2D eigenvalue weighted by Crippen LogP contribution is -2.36. The van der Waals surface area contributed by atoms with Crippen molar-refractivity contribution in [1.82, 2.24) is 9.80 Å². The summed E-state index contributed by atoms with van der Waals surface area (Å²) in [5.74, 6) is 1.73. The maximum absolute atomic E-state index is 12.8. The molecule has 2 fully saturated rings. The van der Waals surface area contributed by atoms with Crippen LogP contribution in [0.2, 0.25) is 0 Å². The predicted octanol–water partition coefficient (Wildman–Crippen LogP) is 2.34. The lowest BCUT2D eigenvalue weighted by molar-refractivity contribution is -0.125. The first-order valence-corrected chi connectivity index (χ1v) is 9.10. The van der Waals surface area contributed by atoms with E-state index in [1.54, 1.807) is 43.4 Å². The number of rotatable bonds is 5. The fraction of sp³-hybridized carbons (Fsp3) is 0.500. The molecule has 1 saturated carbocycles. The Morgan fingerprint density at radius 1 is 1.00 bits per heavy atom. The van der Waals surface area contributed by atoms with E-state index in [1.807, 2.05) is 11.0 Å². The van der Waals surface area contributed by atoms with E-state index in [2.05, 4.69) is 0 Å². The molecular weight excluding hydrogens is 332 g/mol. The number of allylic oxidation sites excluding steroid dienone is 1. The molecule has 1 aromatic carbocycles.